The number of para-hydroxylation sites is 1. The van der Waals surface area contributed by atoms with Gasteiger partial charge in [0.2, 0.25) is 0 Å². The van der Waals surface area contributed by atoms with E-state index in [0.29, 0.717) is 29.6 Å². The number of carbonyl (C=O) groups excluding carboxylic acids is 1. The van der Waals surface area contributed by atoms with Gasteiger partial charge in [-0.25, -0.2) is 4.79 Å². The Kier molecular flexibility index (Phi) is 3.38. The van der Waals surface area contributed by atoms with Crippen LogP contribution < -0.4 is 21.3 Å². The van der Waals surface area contributed by atoms with Crippen LogP contribution >= 0.6 is 0 Å². The molecule has 4 N–H and O–H groups in total. The van der Waals surface area contributed by atoms with E-state index in [1.165, 1.54) is 0 Å². The Balaban J connectivity index is 1.54. The number of aliphatic imine (C=N–C) groups is 1. The zero-order valence-electron chi connectivity index (χ0n) is 14.8. The average molecular weight is 368 g/mol. The predicted molar refractivity (Wildman–Crippen MR) is 97.0 cm³/mol. The summed E-state index contributed by atoms with van der Waals surface area (Å²) in [6, 6.07) is 7.47. The van der Waals surface area contributed by atoms with Gasteiger partial charge in [0.25, 0.3) is 0 Å². The quantitative estimate of drug-likeness (QED) is 0.586. The van der Waals surface area contributed by atoms with Crippen molar-refractivity contribution in [3.63, 3.8) is 0 Å². The van der Waals surface area contributed by atoms with E-state index in [-0.39, 0.29) is 17.8 Å². The van der Waals surface area contributed by atoms with Crippen molar-refractivity contribution >= 4 is 23.3 Å². The molecule has 1 spiro atoms. The van der Waals surface area contributed by atoms with Gasteiger partial charge in [0.15, 0.2) is 0 Å². The van der Waals surface area contributed by atoms with E-state index in [0.717, 1.165) is 11.4 Å². The van der Waals surface area contributed by atoms with E-state index in [4.69, 9.17) is 10.6 Å². The molecule has 0 bridgehead atoms. The van der Waals surface area contributed by atoms with Gasteiger partial charge in [-0.1, -0.05) is 17.0 Å². The molecule has 140 valence electrons. The zero-order chi connectivity index (χ0) is 18.6. The lowest BCUT2D eigenvalue weighted by Gasteiger charge is -2.50. The van der Waals surface area contributed by atoms with Gasteiger partial charge < -0.3 is 15.9 Å². The number of fused-ring (bicyclic) bond motifs is 1. The summed E-state index contributed by atoms with van der Waals surface area (Å²) in [5, 5.41) is 13.3. The second-order valence-corrected chi connectivity index (χ2v) is 7.10. The van der Waals surface area contributed by atoms with Crippen LogP contribution in [-0.4, -0.2) is 57.1 Å². The van der Waals surface area contributed by atoms with Gasteiger partial charge in [0.1, 0.15) is 34.3 Å². The van der Waals surface area contributed by atoms with E-state index in [1.54, 1.807) is 18.5 Å². The molecule has 10 nitrogen and oxygen atoms in total. The Morgan fingerprint density at radius 2 is 2.26 bits per heavy atom. The summed E-state index contributed by atoms with van der Waals surface area (Å²) in [6.07, 6.45) is 2.43. The molecule has 3 aliphatic rings. The number of rotatable bonds is 2. The highest BCUT2D eigenvalue weighted by molar-refractivity contribution is 5.94. The molecule has 5 rings (SSSR count). The van der Waals surface area contributed by atoms with E-state index < -0.39 is 11.5 Å². The van der Waals surface area contributed by atoms with Crippen LogP contribution in [0.4, 0.5) is 0 Å². The van der Waals surface area contributed by atoms with Crippen LogP contribution in [0.3, 0.4) is 0 Å². The number of aromatic nitrogens is 3. The first-order chi connectivity index (χ1) is 13.1. The van der Waals surface area contributed by atoms with E-state index in [1.807, 2.05) is 17.1 Å². The largest absolute Gasteiger partial charge is 0.384 e. The Bertz CT molecular complexity index is 982. The summed E-state index contributed by atoms with van der Waals surface area (Å²) in [4.78, 5) is 24.4. The molecule has 4 heterocycles. The van der Waals surface area contributed by atoms with Crippen LogP contribution in [0.15, 0.2) is 40.7 Å². The standard InChI is InChI=1S/C17H20N8O2/c1-10-11-8-19-9-24-17(11,6-7-20-10)14(15(18)22-24)16(26)27-25-13-5-3-2-4-12(13)21-23-25/h2-5,9-11,20,22H,6-8,18H2,1H3. The van der Waals surface area contributed by atoms with Gasteiger partial charge in [-0.2, -0.15) is 0 Å². The third-order valence-corrected chi connectivity index (χ3v) is 5.76. The lowest BCUT2D eigenvalue weighted by atomic mass is 9.69. The molecule has 0 saturated carbocycles. The van der Waals surface area contributed by atoms with Crippen LogP contribution in [0.1, 0.15) is 13.3 Å². The average Bonchev–Trinajstić information content (AvgIpc) is 3.19. The fourth-order valence-corrected chi connectivity index (χ4v) is 4.49. The summed E-state index contributed by atoms with van der Waals surface area (Å²) < 4.78 is 0. The number of hydrazine groups is 1. The van der Waals surface area contributed by atoms with E-state index in [9.17, 15) is 4.79 Å². The van der Waals surface area contributed by atoms with Gasteiger partial charge >= 0.3 is 5.97 Å². The Labute approximate surface area is 155 Å². The monoisotopic (exact) mass is 368 g/mol. The number of hydrogen-bond donors (Lipinski definition) is 3. The van der Waals surface area contributed by atoms with Crippen molar-refractivity contribution in [1.29, 1.82) is 0 Å². The minimum absolute atomic E-state index is 0.0832. The van der Waals surface area contributed by atoms with Gasteiger partial charge in [0, 0.05) is 18.5 Å². The van der Waals surface area contributed by atoms with Gasteiger partial charge in [-0.15, -0.1) is 5.10 Å². The van der Waals surface area contributed by atoms with Crippen molar-refractivity contribution < 1.29 is 9.63 Å². The fraction of sp³-hybridized carbons (Fsp3) is 0.412. The molecule has 10 heteroatoms. The van der Waals surface area contributed by atoms with Crippen molar-refractivity contribution in [2.45, 2.75) is 24.9 Å². The summed E-state index contributed by atoms with van der Waals surface area (Å²) >= 11 is 0. The highest BCUT2D eigenvalue weighted by Crippen LogP contribution is 2.44. The highest BCUT2D eigenvalue weighted by atomic mass is 16.7. The molecular weight excluding hydrogens is 348 g/mol. The summed E-state index contributed by atoms with van der Waals surface area (Å²) in [5.74, 6) is -0.163. The molecule has 1 saturated heterocycles. The molecule has 0 radical (unpaired) electrons. The molecule has 27 heavy (non-hydrogen) atoms. The first-order valence-electron chi connectivity index (χ1n) is 8.94. The third-order valence-electron chi connectivity index (χ3n) is 5.76. The molecular formula is C17H20N8O2. The van der Waals surface area contributed by atoms with E-state index in [2.05, 4.69) is 33.0 Å². The van der Waals surface area contributed by atoms with Crippen molar-refractivity contribution in [1.82, 2.24) is 30.9 Å². The van der Waals surface area contributed by atoms with Crippen molar-refractivity contribution in [3.05, 3.63) is 35.7 Å². The third kappa shape index (κ3) is 2.16. The molecule has 2 aromatic rings. The first kappa shape index (κ1) is 16.1. The SMILES string of the molecule is CC1NCCC23C(C(=O)On4nnc5ccccc54)=C(N)NN2C=NCC13. The van der Waals surface area contributed by atoms with Gasteiger partial charge in [-0.05, 0) is 37.2 Å². The van der Waals surface area contributed by atoms with Crippen LogP contribution in [-0.2, 0) is 4.79 Å². The molecule has 1 aromatic carbocycles. The number of nitrogens with zero attached hydrogens (tertiary/aromatic N) is 5. The number of benzene rings is 1. The molecule has 3 aliphatic heterocycles. The van der Waals surface area contributed by atoms with Crippen LogP contribution in [0.2, 0.25) is 0 Å². The fourth-order valence-electron chi connectivity index (χ4n) is 4.49. The number of carbonyl (C=O) groups is 1. The van der Waals surface area contributed by atoms with Gasteiger partial charge in [0.05, 0.1) is 0 Å². The number of hydrogen-bond acceptors (Lipinski definition) is 9. The van der Waals surface area contributed by atoms with Crippen LogP contribution in [0.5, 0.6) is 0 Å². The minimum atomic E-state index is -0.593. The zero-order valence-corrected chi connectivity index (χ0v) is 14.8. The van der Waals surface area contributed by atoms with Gasteiger partial charge in [-0.3, -0.25) is 15.4 Å². The van der Waals surface area contributed by atoms with Crippen molar-refractivity contribution in [2.75, 3.05) is 13.1 Å². The second kappa shape index (κ2) is 5.68. The number of nitrogens with two attached hydrogens (primary N) is 1. The summed E-state index contributed by atoms with van der Waals surface area (Å²) in [7, 11) is 0. The molecule has 3 unspecified atom stereocenters. The minimum Gasteiger partial charge on any atom is -0.384 e. The maximum Gasteiger partial charge on any atom is 0.367 e. The number of nitrogens with one attached hydrogen (secondary N) is 2. The maximum atomic E-state index is 13.2. The lowest BCUT2D eigenvalue weighted by Crippen LogP contribution is -2.67. The maximum absolute atomic E-state index is 13.2. The molecule has 1 aromatic heterocycles. The van der Waals surface area contributed by atoms with Crippen molar-refractivity contribution in [3.8, 4) is 0 Å². The van der Waals surface area contributed by atoms with E-state index >= 15 is 0 Å². The predicted octanol–water partition coefficient (Wildman–Crippen LogP) is -0.844. The molecule has 0 amide bonds. The highest BCUT2D eigenvalue weighted by Gasteiger charge is 2.59. The Morgan fingerprint density at radius 3 is 3.15 bits per heavy atom. The van der Waals surface area contributed by atoms with Crippen molar-refractivity contribution in [2.24, 2.45) is 16.6 Å². The second-order valence-electron chi connectivity index (χ2n) is 7.10. The van der Waals surface area contributed by atoms with Crippen LogP contribution in [0, 0.1) is 5.92 Å². The number of piperidine rings is 1. The molecule has 1 fully saturated rings. The molecule has 3 atom stereocenters. The smallest absolute Gasteiger partial charge is 0.367 e. The summed E-state index contributed by atoms with van der Waals surface area (Å²) in [5.41, 5.74) is 10.4. The Hall–Kier alpha value is -3.14. The lowest BCUT2D eigenvalue weighted by molar-refractivity contribution is -0.142. The normalized spacial score (nSPS) is 29.4. The van der Waals surface area contributed by atoms with Crippen LogP contribution in [0.25, 0.3) is 11.0 Å². The molecule has 0 aliphatic carbocycles. The topological polar surface area (TPSA) is 123 Å². The first-order valence-corrected chi connectivity index (χ1v) is 8.94. The Morgan fingerprint density at radius 1 is 1.41 bits per heavy atom. The summed E-state index contributed by atoms with van der Waals surface area (Å²) in [6.45, 7) is 3.48.